The summed E-state index contributed by atoms with van der Waals surface area (Å²) in [4.78, 5) is 1.36. The highest BCUT2D eigenvalue weighted by Gasteiger charge is 2.40. The molecule has 0 unspecified atom stereocenters. The van der Waals surface area contributed by atoms with Crippen LogP contribution in [-0.4, -0.2) is 45.4 Å². The van der Waals surface area contributed by atoms with Gasteiger partial charge in [-0.25, -0.2) is 0 Å². The first-order valence-corrected chi connectivity index (χ1v) is 5.86. The van der Waals surface area contributed by atoms with Crippen LogP contribution in [0.5, 0.6) is 0 Å². The van der Waals surface area contributed by atoms with Crippen molar-refractivity contribution in [2.45, 2.75) is 25.6 Å². The van der Waals surface area contributed by atoms with E-state index in [-0.39, 0.29) is 6.54 Å². The lowest BCUT2D eigenvalue weighted by molar-refractivity contribution is -0.155. The zero-order valence-electron chi connectivity index (χ0n) is 8.23. The van der Waals surface area contributed by atoms with Crippen molar-refractivity contribution in [1.82, 2.24) is 4.90 Å². The fourth-order valence-electron chi connectivity index (χ4n) is 1.58. The maximum atomic E-state index is 12.2. The zero-order chi connectivity index (χ0) is 11.0. The van der Waals surface area contributed by atoms with Gasteiger partial charge in [0.15, 0.2) is 0 Å². The number of hydrogen-bond donors (Lipinski definition) is 0. The summed E-state index contributed by atoms with van der Waals surface area (Å²) in [5.41, 5.74) is -0.612. The Kier molecular flexibility index (Phi) is 3.26. The lowest BCUT2D eigenvalue weighted by Gasteiger charge is -2.42. The minimum atomic E-state index is -4.17. The van der Waals surface area contributed by atoms with Gasteiger partial charge in [0.05, 0.1) is 6.54 Å². The van der Waals surface area contributed by atoms with E-state index in [1.54, 1.807) is 13.8 Å². The molecule has 0 spiro atoms. The molecule has 0 bridgehead atoms. The number of nitrogens with zero attached hydrogens (tertiary/aromatic N) is 1. The third kappa shape index (κ3) is 3.24. The topological polar surface area (TPSA) is 20.3 Å². The molecule has 0 aromatic carbocycles. The van der Waals surface area contributed by atoms with Crippen LogP contribution in [0.25, 0.3) is 0 Å². The number of rotatable bonds is 1. The van der Waals surface area contributed by atoms with Gasteiger partial charge in [0, 0.05) is 34.4 Å². The second kappa shape index (κ2) is 3.81. The molecule has 1 fully saturated rings. The van der Waals surface area contributed by atoms with Crippen molar-refractivity contribution in [3.63, 3.8) is 0 Å². The minimum Gasteiger partial charge on any atom is -0.288 e. The van der Waals surface area contributed by atoms with Gasteiger partial charge in [-0.2, -0.15) is 13.2 Å². The minimum absolute atomic E-state index is 0.263. The number of hydrogen-bond acceptors (Lipinski definition) is 2. The monoisotopic (exact) mass is 229 g/mol. The molecule has 84 valence electrons. The summed E-state index contributed by atoms with van der Waals surface area (Å²) in [6, 6.07) is 0. The second-order valence-corrected chi connectivity index (χ2v) is 5.71. The van der Waals surface area contributed by atoms with E-state index in [1.165, 1.54) is 4.90 Å². The predicted octanol–water partition coefficient (Wildman–Crippen LogP) is 1.39. The van der Waals surface area contributed by atoms with Crippen LogP contribution in [0.3, 0.4) is 0 Å². The third-order valence-corrected chi connectivity index (χ3v) is 4.00. The van der Waals surface area contributed by atoms with E-state index >= 15 is 0 Å². The van der Waals surface area contributed by atoms with Gasteiger partial charge in [-0.1, -0.05) is 0 Å². The Labute approximate surface area is 83.9 Å². The van der Waals surface area contributed by atoms with Crippen LogP contribution >= 0.6 is 0 Å². The Morgan fingerprint density at radius 1 is 1.43 bits per heavy atom. The number of halogens is 3. The summed E-state index contributed by atoms with van der Waals surface area (Å²) in [6.45, 7) is 2.77. The summed E-state index contributed by atoms with van der Waals surface area (Å²) >= 11 is 0. The SMILES string of the molecule is CC1(C)C[S@@](=O)CCN1CC(F)(F)F. The van der Waals surface area contributed by atoms with Crippen molar-refractivity contribution in [2.24, 2.45) is 0 Å². The maximum absolute atomic E-state index is 12.2. The smallest absolute Gasteiger partial charge is 0.288 e. The molecule has 2 nitrogen and oxygen atoms in total. The molecule has 0 N–H and O–H groups in total. The first-order chi connectivity index (χ1) is 6.21. The van der Waals surface area contributed by atoms with E-state index in [0.29, 0.717) is 11.5 Å². The summed E-state index contributed by atoms with van der Waals surface area (Å²) < 4.78 is 47.7. The third-order valence-electron chi connectivity index (χ3n) is 2.33. The van der Waals surface area contributed by atoms with Crippen LogP contribution < -0.4 is 0 Å². The van der Waals surface area contributed by atoms with Gasteiger partial charge in [0.2, 0.25) is 0 Å². The molecule has 6 heteroatoms. The largest absolute Gasteiger partial charge is 0.401 e. The first-order valence-electron chi connectivity index (χ1n) is 4.37. The highest BCUT2D eigenvalue weighted by atomic mass is 32.2. The molecule has 0 amide bonds. The Bertz CT molecular complexity index is 239. The molecule has 1 aliphatic rings. The molecule has 1 heterocycles. The number of alkyl halides is 3. The molecule has 14 heavy (non-hydrogen) atoms. The van der Waals surface area contributed by atoms with Crippen LogP contribution in [0, 0.1) is 0 Å². The first kappa shape index (κ1) is 12.0. The van der Waals surface area contributed by atoms with E-state index < -0.39 is 29.1 Å². The van der Waals surface area contributed by atoms with Gasteiger partial charge in [-0.15, -0.1) is 0 Å². The molecule has 0 aromatic heterocycles. The van der Waals surface area contributed by atoms with Crippen molar-refractivity contribution >= 4 is 10.8 Å². The maximum Gasteiger partial charge on any atom is 0.401 e. The highest BCUT2D eigenvalue weighted by Crippen LogP contribution is 2.25. The lowest BCUT2D eigenvalue weighted by atomic mass is 10.1. The van der Waals surface area contributed by atoms with E-state index in [9.17, 15) is 17.4 Å². The van der Waals surface area contributed by atoms with Crippen LogP contribution in [0.2, 0.25) is 0 Å². The lowest BCUT2D eigenvalue weighted by Crippen LogP contribution is -2.56. The van der Waals surface area contributed by atoms with E-state index in [2.05, 4.69) is 0 Å². The fraction of sp³-hybridized carbons (Fsp3) is 1.00. The fourth-order valence-corrected chi connectivity index (χ4v) is 3.12. The van der Waals surface area contributed by atoms with Crippen molar-refractivity contribution in [3.8, 4) is 0 Å². The summed E-state index contributed by atoms with van der Waals surface area (Å²) in [7, 11) is -0.968. The van der Waals surface area contributed by atoms with Gasteiger partial charge in [-0.05, 0) is 13.8 Å². The van der Waals surface area contributed by atoms with Gasteiger partial charge >= 0.3 is 6.18 Å². The van der Waals surface area contributed by atoms with Crippen molar-refractivity contribution in [1.29, 1.82) is 0 Å². The second-order valence-electron chi connectivity index (χ2n) is 4.14. The van der Waals surface area contributed by atoms with Gasteiger partial charge < -0.3 is 0 Å². The van der Waals surface area contributed by atoms with Gasteiger partial charge in [0.1, 0.15) is 0 Å². The van der Waals surface area contributed by atoms with Crippen LogP contribution in [0.4, 0.5) is 13.2 Å². The molecule has 0 radical (unpaired) electrons. The Morgan fingerprint density at radius 2 is 2.00 bits per heavy atom. The quantitative estimate of drug-likeness (QED) is 0.677. The predicted molar refractivity (Wildman–Crippen MR) is 49.6 cm³/mol. The molecule has 0 saturated carbocycles. The van der Waals surface area contributed by atoms with Crippen LogP contribution in [0.15, 0.2) is 0 Å². The van der Waals surface area contributed by atoms with Gasteiger partial charge in [0.25, 0.3) is 0 Å². The van der Waals surface area contributed by atoms with Crippen LogP contribution in [-0.2, 0) is 10.8 Å². The molecular weight excluding hydrogens is 215 g/mol. The molecule has 1 aliphatic heterocycles. The molecule has 1 atom stereocenters. The van der Waals surface area contributed by atoms with Crippen molar-refractivity contribution in [2.75, 3.05) is 24.6 Å². The van der Waals surface area contributed by atoms with Crippen molar-refractivity contribution in [3.05, 3.63) is 0 Å². The highest BCUT2D eigenvalue weighted by molar-refractivity contribution is 7.85. The summed E-state index contributed by atoms with van der Waals surface area (Å²) in [5.74, 6) is 0.669. The Hall–Kier alpha value is -0.100. The average molecular weight is 229 g/mol. The summed E-state index contributed by atoms with van der Waals surface area (Å²) in [6.07, 6.45) is -4.17. The normalized spacial score (nSPS) is 29.1. The average Bonchev–Trinajstić information content (AvgIpc) is 1.91. The van der Waals surface area contributed by atoms with E-state index in [0.717, 1.165) is 0 Å². The van der Waals surface area contributed by atoms with Gasteiger partial charge in [-0.3, -0.25) is 9.11 Å². The van der Waals surface area contributed by atoms with E-state index in [4.69, 9.17) is 0 Å². The molecule has 1 saturated heterocycles. The zero-order valence-corrected chi connectivity index (χ0v) is 9.04. The Balaban J connectivity index is 2.65. The van der Waals surface area contributed by atoms with Crippen molar-refractivity contribution < 1.29 is 17.4 Å². The Morgan fingerprint density at radius 3 is 2.43 bits per heavy atom. The molecular formula is C8H14F3NOS. The summed E-state index contributed by atoms with van der Waals surface area (Å²) in [5, 5.41) is 0. The van der Waals surface area contributed by atoms with Crippen LogP contribution in [0.1, 0.15) is 13.8 Å². The van der Waals surface area contributed by atoms with E-state index in [1.807, 2.05) is 0 Å². The molecule has 1 rings (SSSR count). The molecule has 0 aromatic rings. The standard InChI is InChI=1S/C8H14F3NOS/c1-7(2)6-14(13)4-3-12(7)5-8(9,10)11/h3-6H2,1-2H3/t14-/m0/s1. The molecule has 0 aliphatic carbocycles.